The van der Waals surface area contributed by atoms with Crippen molar-refractivity contribution in [2.24, 2.45) is 11.7 Å². The van der Waals surface area contributed by atoms with Crippen molar-refractivity contribution in [3.05, 3.63) is 23.3 Å². The van der Waals surface area contributed by atoms with Crippen LogP contribution in [0.5, 0.6) is 5.75 Å². The van der Waals surface area contributed by atoms with Gasteiger partial charge in [-0.15, -0.1) is 12.4 Å². The number of nitrogens with one attached hydrogen (secondary N) is 1. The van der Waals surface area contributed by atoms with Crippen LogP contribution in [0.2, 0.25) is 0 Å². The Balaban J connectivity index is 0.00000441. The first-order chi connectivity index (χ1) is 9.71. The van der Waals surface area contributed by atoms with Crippen molar-refractivity contribution in [3.63, 3.8) is 0 Å². The van der Waals surface area contributed by atoms with Crippen molar-refractivity contribution < 1.29 is 13.2 Å². The maximum absolute atomic E-state index is 12.5. The number of nitrogens with two attached hydrogens (primary N) is 1. The third kappa shape index (κ3) is 5.43. The van der Waals surface area contributed by atoms with E-state index in [1.54, 1.807) is 19.2 Å². The quantitative estimate of drug-likeness (QED) is 0.791. The molecule has 0 aliphatic heterocycles. The molecule has 7 heteroatoms. The van der Waals surface area contributed by atoms with Crippen LogP contribution in [0, 0.1) is 19.8 Å². The number of ether oxygens (including phenoxy) is 1. The summed E-state index contributed by atoms with van der Waals surface area (Å²) in [4.78, 5) is 0.250. The largest absolute Gasteiger partial charge is 0.496 e. The molecule has 22 heavy (non-hydrogen) atoms. The lowest BCUT2D eigenvalue weighted by Crippen LogP contribution is -2.41. The van der Waals surface area contributed by atoms with E-state index >= 15 is 0 Å². The fraction of sp³-hybridized carbons (Fsp3) is 0.600. The summed E-state index contributed by atoms with van der Waals surface area (Å²) in [7, 11) is -1.99. The van der Waals surface area contributed by atoms with E-state index in [0.717, 1.165) is 11.1 Å². The van der Waals surface area contributed by atoms with Crippen LogP contribution >= 0.6 is 12.4 Å². The minimum atomic E-state index is -3.57. The summed E-state index contributed by atoms with van der Waals surface area (Å²) >= 11 is 0. The van der Waals surface area contributed by atoms with E-state index < -0.39 is 10.0 Å². The molecule has 0 amide bonds. The number of benzene rings is 1. The fourth-order valence-corrected chi connectivity index (χ4v) is 3.87. The van der Waals surface area contributed by atoms with Gasteiger partial charge in [0.2, 0.25) is 10.0 Å². The molecule has 5 nitrogen and oxygen atoms in total. The lowest BCUT2D eigenvalue weighted by Gasteiger charge is -2.19. The average molecular weight is 351 g/mol. The Bertz CT molecular complexity index is 565. The van der Waals surface area contributed by atoms with Gasteiger partial charge in [0.15, 0.2) is 0 Å². The van der Waals surface area contributed by atoms with Crippen molar-refractivity contribution in [1.29, 1.82) is 0 Å². The average Bonchev–Trinajstić information content (AvgIpc) is 2.36. The van der Waals surface area contributed by atoms with Gasteiger partial charge in [-0.05, 0) is 49.4 Å². The summed E-state index contributed by atoms with van der Waals surface area (Å²) < 4.78 is 32.9. The van der Waals surface area contributed by atoms with Crippen molar-refractivity contribution in [2.75, 3.05) is 13.7 Å². The zero-order valence-electron chi connectivity index (χ0n) is 13.8. The Morgan fingerprint density at radius 2 is 1.73 bits per heavy atom. The highest BCUT2D eigenvalue weighted by Gasteiger charge is 2.21. The third-order valence-electron chi connectivity index (χ3n) is 3.31. The number of methoxy groups -OCH3 is 1. The molecule has 0 aromatic heterocycles. The fourth-order valence-electron chi connectivity index (χ4n) is 2.44. The van der Waals surface area contributed by atoms with Gasteiger partial charge in [-0.3, -0.25) is 0 Å². The molecule has 1 rings (SSSR count). The summed E-state index contributed by atoms with van der Waals surface area (Å²) in [5.74, 6) is 1.09. The first kappa shape index (κ1) is 21.2. The van der Waals surface area contributed by atoms with Gasteiger partial charge in [-0.25, -0.2) is 13.1 Å². The molecule has 0 aliphatic carbocycles. The molecule has 0 heterocycles. The topological polar surface area (TPSA) is 81.4 Å². The van der Waals surface area contributed by atoms with E-state index in [2.05, 4.69) is 4.72 Å². The monoisotopic (exact) mass is 350 g/mol. The van der Waals surface area contributed by atoms with Crippen molar-refractivity contribution >= 4 is 22.4 Å². The molecule has 128 valence electrons. The molecule has 0 aliphatic rings. The number of hydrogen-bond acceptors (Lipinski definition) is 4. The van der Waals surface area contributed by atoms with Crippen LogP contribution < -0.4 is 15.2 Å². The van der Waals surface area contributed by atoms with Gasteiger partial charge in [0, 0.05) is 12.6 Å². The van der Waals surface area contributed by atoms with Gasteiger partial charge < -0.3 is 10.5 Å². The highest BCUT2D eigenvalue weighted by Crippen LogP contribution is 2.26. The van der Waals surface area contributed by atoms with Crippen LogP contribution in [0.25, 0.3) is 0 Å². The minimum absolute atomic E-state index is 0. The van der Waals surface area contributed by atoms with Gasteiger partial charge in [0.1, 0.15) is 5.75 Å². The van der Waals surface area contributed by atoms with Crippen LogP contribution in [0.1, 0.15) is 31.4 Å². The van der Waals surface area contributed by atoms with Gasteiger partial charge in [0.25, 0.3) is 0 Å². The van der Waals surface area contributed by atoms with Gasteiger partial charge in [-0.1, -0.05) is 13.8 Å². The van der Waals surface area contributed by atoms with Crippen LogP contribution in [0.4, 0.5) is 0 Å². The standard InChI is InChI=1S/C15H26N2O3S.ClH/c1-10(2)6-13(9-16)17-21(18,19)14-7-11(3)15(20-5)12(4)8-14;/h7-8,10,13,17H,6,9,16H2,1-5H3;1H. The lowest BCUT2D eigenvalue weighted by molar-refractivity contribution is 0.408. The first-order valence-corrected chi connectivity index (χ1v) is 8.57. The maximum atomic E-state index is 12.5. The predicted octanol–water partition coefficient (Wildman–Crippen LogP) is 2.39. The van der Waals surface area contributed by atoms with E-state index in [4.69, 9.17) is 10.5 Å². The second-order valence-electron chi connectivity index (χ2n) is 5.77. The Hall–Kier alpha value is -0.820. The highest BCUT2D eigenvalue weighted by atomic mass is 35.5. The number of hydrogen-bond donors (Lipinski definition) is 2. The van der Waals surface area contributed by atoms with E-state index in [-0.39, 0.29) is 29.9 Å². The Labute approximate surface area is 140 Å². The second-order valence-corrected chi connectivity index (χ2v) is 7.49. The van der Waals surface area contributed by atoms with Crippen LogP contribution in [-0.2, 0) is 10.0 Å². The van der Waals surface area contributed by atoms with E-state index in [1.807, 2.05) is 27.7 Å². The minimum Gasteiger partial charge on any atom is -0.496 e. The maximum Gasteiger partial charge on any atom is 0.240 e. The zero-order chi connectivity index (χ0) is 16.2. The van der Waals surface area contributed by atoms with E-state index in [0.29, 0.717) is 18.1 Å². The second kappa shape index (κ2) is 8.72. The Morgan fingerprint density at radius 1 is 1.23 bits per heavy atom. The molecule has 1 aromatic rings. The van der Waals surface area contributed by atoms with Gasteiger partial charge in [0.05, 0.1) is 12.0 Å². The molecule has 1 aromatic carbocycles. The molecular formula is C15H27ClN2O3S. The van der Waals surface area contributed by atoms with Crippen molar-refractivity contribution in [3.8, 4) is 5.75 Å². The van der Waals surface area contributed by atoms with E-state index in [1.165, 1.54) is 0 Å². The number of sulfonamides is 1. The van der Waals surface area contributed by atoms with Crippen LogP contribution in [-0.4, -0.2) is 28.1 Å². The third-order valence-corrected chi connectivity index (χ3v) is 4.81. The van der Waals surface area contributed by atoms with Gasteiger partial charge in [-0.2, -0.15) is 0 Å². The number of halogens is 1. The molecule has 0 bridgehead atoms. The SMILES string of the molecule is COc1c(C)cc(S(=O)(=O)NC(CN)CC(C)C)cc1C.Cl. The predicted molar refractivity (Wildman–Crippen MR) is 92.3 cm³/mol. The number of rotatable bonds is 7. The van der Waals surface area contributed by atoms with Crippen molar-refractivity contribution in [2.45, 2.75) is 45.1 Å². The number of aryl methyl sites for hydroxylation is 2. The zero-order valence-corrected chi connectivity index (χ0v) is 15.5. The Morgan fingerprint density at radius 3 is 2.09 bits per heavy atom. The highest BCUT2D eigenvalue weighted by molar-refractivity contribution is 7.89. The molecule has 1 atom stereocenters. The smallest absolute Gasteiger partial charge is 0.240 e. The lowest BCUT2D eigenvalue weighted by atomic mass is 10.1. The summed E-state index contributed by atoms with van der Waals surface area (Å²) in [6.45, 7) is 8.03. The van der Waals surface area contributed by atoms with Crippen molar-refractivity contribution in [1.82, 2.24) is 4.72 Å². The Kier molecular flexibility index (Phi) is 8.39. The summed E-state index contributed by atoms with van der Waals surface area (Å²) in [6.07, 6.45) is 0.712. The van der Waals surface area contributed by atoms with Crippen LogP contribution in [0.15, 0.2) is 17.0 Å². The molecule has 0 saturated heterocycles. The molecular weight excluding hydrogens is 324 g/mol. The molecule has 0 radical (unpaired) electrons. The summed E-state index contributed by atoms with van der Waals surface area (Å²) in [5, 5.41) is 0. The van der Waals surface area contributed by atoms with E-state index in [9.17, 15) is 8.42 Å². The van der Waals surface area contributed by atoms with Gasteiger partial charge >= 0.3 is 0 Å². The molecule has 1 unspecified atom stereocenters. The summed E-state index contributed by atoms with van der Waals surface area (Å²) in [6, 6.07) is 2.99. The molecule has 3 N–H and O–H groups in total. The molecule has 0 saturated carbocycles. The van der Waals surface area contributed by atoms with Crippen LogP contribution in [0.3, 0.4) is 0 Å². The molecule has 0 spiro atoms. The normalized spacial score (nSPS) is 12.9. The first-order valence-electron chi connectivity index (χ1n) is 7.09. The summed E-state index contributed by atoms with van der Waals surface area (Å²) in [5.41, 5.74) is 7.26. The molecule has 0 fully saturated rings.